The van der Waals surface area contributed by atoms with Crippen molar-refractivity contribution in [3.05, 3.63) is 23.0 Å². The summed E-state index contributed by atoms with van der Waals surface area (Å²) in [6.45, 7) is 3.86. The molecule has 5 rings (SSSR count). The summed E-state index contributed by atoms with van der Waals surface area (Å²) in [6.07, 6.45) is 6.84. The molecule has 2 amide bonds. The third-order valence-corrected chi connectivity index (χ3v) is 6.86. The minimum Gasteiger partial charge on any atom is -0.336 e. The van der Waals surface area contributed by atoms with Crippen LogP contribution in [0.3, 0.4) is 0 Å². The Morgan fingerprint density at radius 2 is 2.17 bits per heavy atom. The molecule has 128 valence electrons. The van der Waals surface area contributed by atoms with E-state index in [0.29, 0.717) is 5.92 Å². The number of fused-ring (bicyclic) bond motifs is 1. The van der Waals surface area contributed by atoms with Crippen LogP contribution >= 0.6 is 11.3 Å². The van der Waals surface area contributed by atoms with Gasteiger partial charge in [0.15, 0.2) is 4.96 Å². The molecule has 0 unspecified atom stereocenters. The molecule has 3 aliphatic rings. The third kappa shape index (κ3) is 2.18. The molecule has 4 heterocycles. The number of likely N-dealkylation sites (N-methyl/N-ethyl adjacent to an activating group) is 1. The van der Waals surface area contributed by atoms with E-state index in [1.165, 1.54) is 24.2 Å². The molecule has 2 aromatic rings. The van der Waals surface area contributed by atoms with Crippen LogP contribution < -0.4 is 5.32 Å². The van der Waals surface area contributed by atoms with Crippen molar-refractivity contribution in [1.29, 1.82) is 0 Å². The number of likely N-dealkylation sites (tertiary alicyclic amines) is 1. The summed E-state index contributed by atoms with van der Waals surface area (Å²) in [5.74, 6) is 0.686. The number of hydrogen-bond donors (Lipinski definition) is 1. The van der Waals surface area contributed by atoms with Gasteiger partial charge in [0.1, 0.15) is 0 Å². The van der Waals surface area contributed by atoms with E-state index in [-0.39, 0.29) is 11.6 Å². The normalized spacial score (nSPS) is 24.2. The van der Waals surface area contributed by atoms with Gasteiger partial charge in [0.2, 0.25) is 0 Å². The SMILES string of the molecule is CN1C(=O)NCC12CCN(Cc1c(C3CC3)nc3sccn13)CC2. The molecular weight excluding hydrogens is 322 g/mol. The van der Waals surface area contributed by atoms with Crippen molar-refractivity contribution in [3.8, 4) is 0 Å². The van der Waals surface area contributed by atoms with Crippen molar-refractivity contribution in [3.63, 3.8) is 0 Å². The van der Waals surface area contributed by atoms with E-state index in [0.717, 1.165) is 44.0 Å². The van der Waals surface area contributed by atoms with Crippen LogP contribution in [0.2, 0.25) is 0 Å². The molecule has 1 aliphatic carbocycles. The van der Waals surface area contributed by atoms with Gasteiger partial charge in [-0.1, -0.05) is 0 Å². The number of nitrogens with zero attached hydrogens (tertiary/aromatic N) is 4. The van der Waals surface area contributed by atoms with E-state index in [2.05, 4.69) is 26.2 Å². The fraction of sp³-hybridized carbons (Fsp3) is 0.647. The number of amides is 2. The Bertz CT molecular complexity index is 784. The Morgan fingerprint density at radius 3 is 2.83 bits per heavy atom. The van der Waals surface area contributed by atoms with Crippen LogP contribution in [0, 0.1) is 0 Å². The summed E-state index contributed by atoms with van der Waals surface area (Å²) in [5.41, 5.74) is 2.75. The quantitative estimate of drug-likeness (QED) is 0.928. The maximum atomic E-state index is 11.8. The first kappa shape index (κ1) is 14.7. The number of rotatable bonds is 3. The molecule has 0 radical (unpaired) electrons. The number of aromatic nitrogens is 2. The molecule has 7 heteroatoms. The summed E-state index contributed by atoms with van der Waals surface area (Å²) in [4.78, 5) is 22.3. The number of urea groups is 1. The highest BCUT2D eigenvalue weighted by molar-refractivity contribution is 7.15. The molecular formula is C17H23N5OS. The molecule has 2 aromatic heterocycles. The van der Waals surface area contributed by atoms with Crippen molar-refractivity contribution in [1.82, 2.24) is 24.5 Å². The zero-order valence-corrected chi connectivity index (χ0v) is 14.8. The van der Waals surface area contributed by atoms with Crippen LogP contribution in [0.5, 0.6) is 0 Å². The molecule has 2 aliphatic heterocycles. The van der Waals surface area contributed by atoms with Crippen LogP contribution in [-0.2, 0) is 6.54 Å². The van der Waals surface area contributed by atoms with Crippen LogP contribution in [0.15, 0.2) is 11.6 Å². The van der Waals surface area contributed by atoms with Gasteiger partial charge in [-0.2, -0.15) is 0 Å². The predicted octanol–water partition coefficient (Wildman–Crippen LogP) is 2.26. The Kier molecular flexibility index (Phi) is 3.19. The average molecular weight is 345 g/mol. The van der Waals surface area contributed by atoms with Gasteiger partial charge in [0, 0.05) is 50.7 Å². The largest absolute Gasteiger partial charge is 0.336 e. The fourth-order valence-corrected chi connectivity index (χ4v) is 4.97. The molecule has 2 saturated heterocycles. The molecule has 1 spiro atoms. The first-order valence-electron chi connectivity index (χ1n) is 8.85. The lowest BCUT2D eigenvalue weighted by Crippen LogP contribution is -2.52. The van der Waals surface area contributed by atoms with Gasteiger partial charge in [-0.25, -0.2) is 9.78 Å². The average Bonchev–Trinajstić information content (AvgIpc) is 3.16. The lowest BCUT2D eigenvalue weighted by atomic mass is 9.87. The van der Waals surface area contributed by atoms with E-state index in [9.17, 15) is 4.79 Å². The summed E-state index contributed by atoms with van der Waals surface area (Å²) in [6, 6.07) is 0.0789. The molecule has 0 bridgehead atoms. The highest BCUT2D eigenvalue weighted by Gasteiger charge is 2.45. The standard InChI is InChI=1S/C17H23N5OS/c1-20-15(23)18-11-17(20)4-6-21(7-5-17)10-13-14(12-2-3-12)19-16-22(13)8-9-24-16/h8-9,12H,2-7,10-11H2,1H3,(H,18,23). The van der Waals surface area contributed by atoms with Crippen molar-refractivity contribution >= 4 is 22.3 Å². The second-order valence-corrected chi connectivity index (χ2v) is 8.36. The number of carbonyl (C=O) groups is 1. The van der Waals surface area contributed by atoms with Crippen LogP contribution in [0.1, 0.15) is 43.0 Å². The number of thiazole rings is 1. The summed E-state index contributed by atoms with van der Waals surface area (Å²) in [5, 5.41) is 5.12. The topological polar surface area (TPSA) is 52.9 Å². The summed E-state index contributed by atoms with van der Waals surface area (Å²) >= 11 is 1.73. The van der Waals surface area contributed by atoms with Crippen molar-refractivity contribution in [2.45, 2.75) is 43.7 Å². The zero-order chi connectivity index (χ0) is 16.3. The Morgan fingerprint density at radius 1 is 1.38 bits per heavy atom. The smallest absolute Gasteiger partial charge is 0.317 e. The lowest BCUT2D eigenvalue weighted by molar-refractivity contribution is 0.0862. The first-order valence-corrected chi connectivity index (χ1v) is 9.73. The van der Waals surface area contributed by atoms with Gasteiger partial charge in [-0.05, 0) is 25.7 Å². The zero-order valence-electron chi connectivity index (χ0n) is 14.0. The summed E-state index contributed by atoms with van der Waals surface area (Å²) in [7, 11) is 1.94. The molecule has 1 N–H and O–H groups in total. The molecule has 3 fully saturated rings. The van der Waals surface area contributed by atoms with Gasteiger partial charge >= 0.3 is 6.03 Å². The van der Waals surface area contributed by atoms with Crippen LogP contribution in [0.4, 0.5) is 4.79 Å². The first-order chi connectivity index (χ1) is 11.7. The number of imidazole rings is 1. The highest BCUT2D eigenvalue weighted by Crippen LogP contribution is 2.42. The molecule has 0 atom stereocenters. The predicted molar refractivity (Wildman–Crippen MR) is 93.4 cm³/mol. The molecule has 1 saturated carbocycles. The monoisotopic (exact) mass is 345 g/mol. The van der Waals surface area contributed by atoms with E-state index < -0.39 is 0 Å². The van der Waals surface area contributed by atoms with Crippen molar-refractivity contribution < 1.29 is 4.79 Å². The van der Waals surface area contributed by atoms with Crippen molar-refractivity contribution in [2.24, 2.45) is 0 Å². The highest BCUT2D eigenvalue weighted by atomic mass is 32.1. The van der Waals surface area contributed by atoms with Crippen LogP contribution in [-0.4, -0.2) is 57.4 Å². The van der Waals surface area contributed by atoms with Gasteiger partial charge < -0.3 is 10.2 Å². The molecule has 0 aromatic carbocycles. The van der Waals surface area contributed by atoms with E-state index >= 15 is 0 Å². The molecule has 6 nitrogen and oxygen atoms in total. The minimum absolute atomic E-state index is 0.0298. The second-order valence-electron chi connectivity index (χ2n) is 7.49. The van der Waals surface area contributed by atoms with Gasteiger partial charge in [-0.15, -0.1) is 11.3 Å². The molecule has 24 heavy (non-hydrogen) atoms. The number of piperidine rings is 1. The van der Waals surface area contributed by atoms with Crippen LogP contribution in [0.25, 0.3) is 4.96 Å². The Labute approximate surface area is 145 Å². The number of hydrogen-bond acceptors (Lipinski definition) is 4. The van der Waals surface area contributed by atoms with Gasteiger partial charge in [0.05, 0.1) is 16.9 Å². The van der Waals surface area contributed by atoms with E-state index in [1.807, 2.05) is 11.9 Å². The maximum Gasteiger partial charge on any atom is 0.317 e. The number of carbonyl (C=O) groups excluding carboxylic acids is 1. The van der Waals surface area contributed by atoms with E-state index in [1.54, 1.807) is 11.3 Å². The fourth-order valence-electron chi connectivity index (χ4n) is 4.23. The second kappa shape index (κ2) is 5.20. The van der Waals surface area contributed by atoms with E-state index in [4.69, 9.17) is 4.98 Å². The Balaban J connectivity index is 1.34. The van der Waals surface area contributed by atoms with Gasteiger partial charge in [-0.3, -0.25) is 9.30 Å². The summed E-state index contributed by atoms with van der Waals surface area (Å²) < 4.78 is 2.29. The lowest BCUT2D eigenvalue weighted by Gasteiger charge is -2.42. The van der Waals surface area contributed by atoms with Crippen molar-refractivity contribution in [2.75, 3.05) is 26.7 Å². The third-order valence-electron chi connectivity index (χ3n) is 6.10. The Hall–Kier alpha value is -1.60. The number of nitrogens with one attached hydrogen (secondary N) is 1. The van der Waals surface area contributed by atoms with Gasteiger partial charge in [0.25, 0.3) is 0 Å². The minimum atomic E-state index is 0.0298. The maximum absolute atomic E-state index is 11.8.